The Labute approximate surface area is 109 Å². The summed E-state index contributed by atoms with van der Waals surface area (Å²) in [5, 5.41) is 8.79. The Kier molecular flexibility index (Phi) is 5.13. The number of benzene rings is 1. The van der Waals surface area contributed by atoms with Crippen molar-refractivity contribution in [2.24, 2.45) is 0 Å². The van der Waals surface area contributed by atoms with E-state index in [1.54, 1.807) is 24.3 Å². The number of aliphatic hydroxyl groups excluding tert-OH is 1. The average Bonchev–Trinajstić information content (AvgIpc) is 2.30. The van der Waals surface area contributed by atoms with E-state index < -0.39 is 10.2 Å². The lowest BCUT2D eigenvalue weighted by Gasteiger charge is -2.21. The average molecular weight is 272 g/mol. The van der Waals surface area contributed by atoms with Crippen LogP contribution < -0.4 is 4.72 Å². The van der Waals surface area contributed by atoms with Gasteiger partial charge < -0.3 is 5.11 Å². The molecule has 0 aliphatic heterocycles. The molecular formula is C12H20N2O3S. The summed E-state index contributed by atoms with van der Waals surface area (Å²) in [5.74, 6) is 0. The summed E-state index contributed by atoms with van der Waals surface area (Å²) < 4.78 is 27.6. The molecule has 0 aromatic heterocycles. The summed E-state index contributed by atoms with van der Waals surface area (Å²) in [6.07, 6.45) is 0.568. The van der Waals surface area contributed by atoms with Gasteiger partial charge in [-0.15, -0.1) is 0 Å². The van der Waals surface area contributed by atoms with E-state index >= 15 is 0 Å². The van der Waals surface area contributed by atoms with Gasteiger partial charge in [0.2, 0.25) is 0 Å². The van der Waals surface area contributed by atoms with Crippen LogP contribution >= 0.6 is 0 Å². The molecule has 1 aromatic carbocycles. The van der Waals surface area contributed by atoms with Crippen molar-refractivity contribution in [1.82, 2.24) is 4.31 Å². The Balaban J connectivity index is 2.78. The third-order valence-electron chi connectivity index (χ3n) is 2.71. The number of hydrogen-bond acceptors (Lipinski definition) is 3. The van der Waals surface area contributed by atoms with Crippen molar-refractivity contribution >= 4 is 15.9 Å². The molecule has 0 amide bonds. The van der Waals surface area contributed by atoms with E-state index in [9.17, 15) is 8.42 Å². The van der Waals surface area contributed by atoms with Crippen molar-refractivity contribution in [2.45, 2.75) is 26.3 Å². The third-order valence-corrected chi connectivity index (χ3v) is 4.38. The highest BCUT2D eigenvalue weighted by atomic mass is 32.2. The largest absolute Gasteiger partial charge is 0.396 e. The minimum Gasteiger partial charge on any atom is -0.396 e. The highest BCUT2D eigenvalue weighted by Crippen LogP contribution is 2.14. The third kappa shape index (κ3) is 3.97. The van der Waals surface area contributed by atoms with Crippen LogP contribution in [0.25, 0.3) is 0 Å². The molecule has 0 fully saturated rings. The molecule has 5 nitrogen and oxygen atoms in total. The van der Waals surface area contributed by atoms with Gasteiger partial charge in [-0.05, 0) is 38.0 Å². The van der Waals surface area contributed by atoms with Gasteiger partial charge in [0.1, 0.15) is 0 Å². The molecule has 1 aromatic rings. The molecule has 102 valence electrons. The van der Waals surface area contributed by atoms with Crippen LogP contribution in [-0.2, 0) is 16.6 Å². The van der Waals surface area contributed by atoms with Gasteiger partial charge in [0, 0.05) is 25.4 Å². The summed E-state index contributed by atoms with van der Waals surface area (Å²) in [5.41, 5.74) is 1.49. The minimum absolute atomic E-state index is 0.0845. The Morgan fingerprint density at radius 2 is 1.83 bits per heavy atom. The Morgan fingerprint density at radius 1 is 1.28 bits per heavy atom. The number of aliphatic hydroxyl groups is 1. The van der Waals surface area contributed by atoms with Gasteiger partial charge in [0.25, 0.3) is 0 Å². The maximum Gasteiger partial charge on any atom is 0.301 e. The highest BCUT2D eigenvalue weighted by Gasteiger charge is 2.19. The predicted octanol–water partition coefficient (Wildman–Crippen LogP) is 1.22. The Bertz CT molecular complexity index is 469. The first-order valence-electron chi connectivity index (χ1n) is 5.82. The summed E-state index contributed by atoms with van der Waals surface area (Å²) in [7, 11) is -1.97. The molecule has 2 N–H and O–H groups in total. The molecule has 0 bridgehead atoms. The van der Waals surface area contributed by atoms with E-state index in [0.717, 1.165) is 5.56 Å². The van der Waals surface area contributed by atoms with Crippen LogP contribution in [0.15, 0.2) is 24.3 Å². The van der Waals surface area contributed by atoms with Gasteiger partial charge in [-0.3, -0.25) is 4.72 Å². The maximum absolute atomic E-state index is 11.9. The van der Waals surface area contributed by atoms with Crippen molar-refractivity contribution in [3.8, 4) is 0 Å². The fourth-order valence-electron chi connectivity index (χ4n) is 1.37. The smallest absolute Gasteiger partial charge is 0.301 e. The monoisotopic (exact) mass is 272 g/mol. The van der Waals surface area contributed by atoms with Crippen LogP contribution in [0.1, 0.15) is 19.4 Å². The van der Waals surface area contributed by atoms with Crippen LogP contribution in [0, 0.1) is 0 Å². The SMILES string of the molecule is CC(C)N(C)S(=O)(=O)Nc1ccc(CCO)cc1. The van der Waals surface area contributed by atoms with Gasteiger partial charge in [0.05, 0.1) is 0 Å². The van der Waals surface area contributed by atoms with E-state index in [2.05, 4.69) is 4.72 Å². The van der Waals surface area contributed by atoms with Gasteiger partial charge in [0.15, 0.2) is 0 Å². The molecule has 1 rings (SSSR count). The van der Waals surface area contributed by atoms with E-state index in [-0.39, 0.29) is 12.6 Å². The zero-order valence-electron chi connectivity index (χ0n) is 10.9. The Hall–Kier alpha value is -1.11. The van der Waals surface area contributed by atoms with Crippen molar-refractivity contribution < 1.29 is 13.5 Å². The first kappa shape index (κ1) is 14.9. The molecule has 0 saturated carbocycles. The first-order chi connectivity index (χ1) is 8.36. The van der Waals surface area contributed by atoms with Crippen molar-refractivity contribution in [2.75, 3.05) is 18.4 Å². The van der Waals surface area contributed by atoms with E-state index in [0.29, 0.717) is 12.1 Å². The fourth-order valence-corrected chi connectivity index (χ4v) is 2.50. The first-order valence-corrected chi connectivity index (χ1v) is 7.26. The lowest BCUT2D eigenvalue weighted by atomic mass is 10.1. The molecule has 0 saturated heterocycles. The predicted molar refractivity (Wildman–Crippen MR) is 72.7 cm³/mol. The van der Waals surface area contributed by atoms with E-state index in [1.165, 1.54) is 11.4 Å². The molecule has 0 aliphatic carbocycles. The number of rotatable bonds is 6. The number of hydrogen-bond donors (Lipinski definition) is 2. The second-order valence-electron chi connectivity index (χ2n) is 4.39. The summed E-state index contributed by atoms with van der Waals surface area (Å²) >= 11 is 0. The number of nitrogens with zero attached hydrogens (tertiary/aromatic N) is 1. The molecule has 0 heterocycles. The summed E-state index contributed by atoms with van der Waals surface area (Å²) in [6, 6.07) is 6.87. The second kappa shape index (κ2) is 6.17. The van der Waals surface area contributed by atoms with Crippen molar-refractivity contribution in [3.05, 3.63) is 29.8 Å². The van der Waals surface area contributed by atoms with Gasteiger partial charge in [-0.25, -0.2) is 0 Å². The van der Waals surface area contributed by atoms with Crippen LogP contribution in [-0.4, -0.2) is 37.5 Å². The van der Waals surface area contributed by atoms with Crippen LogP contribution in [0.2, 0.25) is 0 Å². The van der Waals surface area contributed by atoms with Gasteiger partial charge in [-0.1, -0.05) is 12.1 Å². The maximum atomic E-state index is 11.9. The summed E-state index contributed by atoms with van der Waals surface area (Å²) in [6.45, 7) is 3.70. The quantitative estimate of drug-likeness (QED) is 0.818. The molecule has 0 spiro atoms. The van der Waals surface area contributed by atoms with E-state index in [4.69, 9.17) is 5.11 Å². The van der Waals surface area contributed by atoms with Crippen LogP contribution in [0.5, 0.6) is 0 Å². The number of nitrogens with one attached hydrogen (secondary N) is 1. The van der Waals surface area contributed by atoms with Crippen molar-refractivity contribution in [1.29, 1.82) is 0 Å². The number of anilines is 1. The molecule has 6 heteroatoms. The van der Waals surface area contributed by atoms with Gasteiger partial charge in [-0.2, -0.15) is 12.7 Å². The summed E-state index contributed by atoms with van der Waals surface area (Å²) in [4.78, 5) is 0. The second-order valence-corrected chi connectivity index (χ2v) is 6.12. The molecular weight excluding hydrogens is 252 g/mol. The van der Waals surface area contributed by atoms with Gasteiger partial charge >= 0.3 is 10.2 Å². The highest BCUT2D eigenvalue weighted by molar-refractivity contribution is 7.90. The lowest BCUT2D eigenvalue weighted by molar-refractivity contribution is 0.299. The topological polar surface area (TPSA) is 69.6 Å². The zero-order chi connectivity index (χ0) is 13.8. The van der Waals surface area contributed by atoms with E-state index in [1.807, 2.05) is 13.8 Å². The van der Waals surface area contributed by atoms with Crippen LogP contribution in [0.4, 0.5) is 5.69 Å². The minimum atomic E-state index is -3.50. The van der Waals surface area contributed by atoms with Crippen LogP contribution in [0.3, 0.4) is 0 Å². The zero-order valence-corrected chi connectivity index (χ0v) is 11.7. The Morgan fingerprint density at radius 3 is 2.28 bits per heavy atom. The van der Waals surface area contributed by atoms with Crippen molar-refractivity contribution in [3.63, 3.8) is 0 Å². The molecule has 0 unspecified atom stereocenters. The fraction of sp³-hybridized carbons (Fsp3) is 0.500. The molecule has 0 atom stereocenters. The standard InChI is InChI=1S/C12H20N2O3S/c1-10(2)14(3)18(16,17)13-12-6-4-11(5-7-12)8-9-15/h4-7,10,13,15H,8-9H2,1-3H3. The normalized spacial score (nSPS) is 12.1. The lowest BCUT2D eigenvalue weighted by Crippen LogP contribution is -2.37. The molecule has 0 radical (unpaired) electrons. The molecule has 18 heavy (non-hydrogen) atoms. The molecule has 0 aliphatic rings.